The van der Waals surface area contributed by atoms with Crippen LogP contribution < -0.4 is 5.32 Å². The number of hydrogen-bond acceptors (Lipinski definition) is 6. The first-order chi connectivity index (χ1) is 12.4. The molecule has 1 heterocycles. The number of rotatable bonds is 8. The molecule has 2 unspecified atom stereocenters. The fourth-order valence-corrected chi connectivity index (χ4v) is 3.57. The Morgan fingerprint density at radius 1 is 1.23 bits per heavy atom. The second-order valence-electron chi connectivity index (χ2n) is 6.85. The summed E-state index contributed by atoms with van der Waals surface area (Å²) in [6.45, 7) is 3.66. The summed E-state index contributed by atoms with van der Waals surface area (Å²) < 4.78 is 9.96. The van der Waals surface area contributed by atoms with Crippen LogP contribution in [0.2, 0.25) is 0 Å². The van der Waals surface area contributed by atoms with Crippen molar-refractivity contribution in [2.75, 3.05) is 13.7 Å². The molecule has 0 radical (unpaired) electrons. The third-order valence-electron chi connectivity index (χ3n) is 4.95. The van der Waals surface area contributed by atoms with E-state index in [9.17, 15) is 14.4 Å². The molecule has 3 atom stereocenters. The molecule has 6 nitrogen and oxygen atoms in total. The molecule has 0 amide bonds. The number of methoxy groups -OCH3 is 1. The monoisotopic (exact) mass is 361 g/mol. The molecule has 1 aliphatic rings. The molecular formula is C20H27NO5. The molecule has 6 heteroatoms. The molecule has 0 bridgehead atoms. The Labute approximate surface area is 154 Å². The smallest absolute Gasteiger partial charge is 0.312 e. The predicted octanol–water partition coefficient (Wildman–Crippen LogP) is 2.05. The fraction of sp³-hybridized carbons (Fsp3) is 0.550. The molecular weight excluding hydrogens is 334 g/mol. The highest BCUT2D eigenvalue weighted by molar-refractivity contribution is 5.92. The summed E-state index contributed by atoms with van der Waals surface area (Å²) in [5, 5.41) is 3.35. The average Bonchev–Trinajstić information content (AvgIpc) is 3.08. The molecule has 1 saturated heterocycles. The zero-order chi connectivity index (χ0) is 19.2. The topological polar surface area (TPSA) is 81.7 Å². The van der Waals surface area contributed by atoms with Crippen LogP contribution in [0.3, 0.4) is 0 Å². The zero-order valence-corrected chi connectivity index (χ0v) is 15.6. The van der Waals surface area contributed by atoms with Crippen molar-refractivity contribution >= 4 is 17.7 Å². The van der Waals surface area contributed by atoms with Gasteiger partial charge in [0.2, 0.25) is 0 Å². The maximum absolute atomic E-state index is 13.2. The summed E-state index contributed by atoms with van der Waals surface area (Å²) in [4.78, 5) is 36.6. The molecule has 26 heavy (non-hydrogen) atoms. The Hall–Kier alpha value is -2.21. The molecule has 1 aromatic rings. The van der Waals surface area contributed by atoms with Crippen molar-refractivity contribution in [1.82, 2.24) is 5.32 Å². The summed E-state index contributed by atoms with van der Waals surface area (Å²) in [6.07, 6.45) is 1.44. The van der Waals surface area contributed by atoms with E-state index in [0.29, 0.717) is 6.42 Å². The van der Waals surface area contributed by atoms with E-state index in [0.717, 1.165) is 24.9 Å². The Morgan fingerprint density at radius 2 is 1.92 bits per heavy atom. The van der Waals surface area contributed by atoms with Gasteiger partial charge in [-0.25, -0.2) is 0 Å². The minimum Gasteiger partial charge on any atom is -0.469 e. The van der Waals surface area contributed by atoms with Gasteiger partial charge in [-0.1, -0.05) is 30.3 Å². The number of Topliss-reactive ketones (excluding diaryl/α,β-unsaturated/α-hetero) is 1. The number of carbonyl (C=O) groups is 3. The molecule has 2 rings (SSSR count). The molecule has 0 aromatic heterocycles. The summed E-state index contributed by atoms with van der Waals surface area (Å²) in [5.41, 5.74) is 0.377. The van der Waals surface area contributed by atoms with Crippen LogP contribution in [-0.2, 0) is 30.3 Å². The van der Waals surface area contributed by atoms with Gasteiger partial charge in [0, 0.05) is 13.3 Å². The summed E-state index contributed by atoms with van der Waals surface area (Å²) in [5.74, 6) is -1.89. The first-order valence-electron chi connectivity index (χ1n) is 8.95. The molecule has 1 fully saturated rings. The van der Waals surface area contributed by atoms with Gasteiger partial charge in [0.25, 0.3) is 0 Å². The van der Waals surface area contributed by atoms with Crippen LogP contribution in [0.4, 0.5) is 0 Å². The van der Waals surface area contributed by atoms with Gasteiger partial charge in [0.1, 0.15) is 12.0 Å². The Kier molecular flexibility index (Phi) is 6.91. The van der Waals surface area contributed by atoms with Crippen molar-refractivity contribution in [2.45, 2.75) is 51.2 Å². The molecule has 1 aromatic carbocycles. The standard InChI is InChI=1S/C20H27NO5/c1-14(26-15(2)22)17(19(24)25-3)12-18(23)20(10-7-11-21-20)13-16-8-5-4-6-9-16/h4-6,8-9,14,17,21H,7,10-13H2,1-3H3/t14-,17?,20?/m1/s1. The summed E-state index contributed by atoms with van der Waals surface area (Å²) in [7, 11) is 1.27. The van der Waals surface area contributed by atoms with Crippen molar-refractivity contribution in [1.29, 1.82) is 0 Å². The van der Waals surface area contributed by atoms with Gasteiger partial charge < -0.3 is 14.8 Å². The number of benzene rings is 1. The number of carbonyl (C=O) groups excluding carboxylic acids is 3. The minimum atomic E-state index is -0.813. The quantitative estimate of drug-likeness (QED) is 0.714. The molecule has 0 aliphatic carbocycles. The van der Waals surface area contributed by atoms with Crippen molar-refractivity contribution < 1.29 is 23.9 Å². The van der Waals surface area contributed by atoms with E-state index in [-0.39, 0.29) is 12.2 Å². The van der Waals surface area contributed by atoms with Gasteiger partial charge in [-0.2, -0.15) is 0 Å². The van der Waals surface area contributed by atoms with E-state index in [1.54, 1.807) is 6.92 Å². The zero-order valence-electron chi connectivity index (χ0n) is 15.6. The highest BCUT2D eigenvalue weighted by Gasteiger charge is 2.43. The SMILES string of the molecule is COC(=O)C(CC(=O)C1(Cc2ccccc2)CCCN1)[C@@H](C)OC(C)=O. The third kappa shape index (κ3) is 4.91. The highest BCUT2D eigenvalue weighted by Crippen LogP contribution is 2.29. The van der Waals surface area contributed by atoms with Gasteiger partial charge in [0.05, 0.1) is 12.6 Å². The number of esters is 2. The Morgan fingerprint density at radius 3 is 2.46 bits per heavy atom. The number of hydrogen-bond donors (Lipinski definition) is 1. The van der Waals surface area contributed by atoms with Crippen LogP contribution in [-0.4, -0.2) is 43.0 Å². The molecule has 0 spiro atoms. The van der Waals surface area contributed by atoms with Gasteiger partial charge in [-0.05, 0) is 38.3 Å². The lowest BCUT2D eigenvalue weighted by Gasteiger charge is -2.31. The van der Waals surface area contributed by atoms with Crippen LogP contribution in [0.25, 0.3) is 0 Å². The van der Waals surface area contributed by atoms with E-state index in [2.05, 4.69) is 5.32 Å². The molecule has 0 saturated carbocycles. The second kappa shape index (κ2) is 8.94. The normalized spacial score (nSPS) is 21.7. The fourth-order valence-electron chi connectivity index (χ4n) is 3.57. The molecule has 1 N–H and O–H groups in total. The Balaban J connectivity index is 2.18. The lowest BCUT2D eigenvalue weighted by Crippen LogP contribution is -2.51. The van der Waals surface area contributed by atoms with Crippen LogP contribution >= 0.6 is 0 Å². The second-order valence-corrected chi connectivity index (χ2v) is 6.85. The summed E-state index contributed by atoms with van der Waals surface area (Å²) in [6, 6.07) is 9.82. The van der Waals surface area contributed by atoms with Crippen LogP contribution in [0, 0.1) is 5.92 Å². The van der Waals surface area contributed by atoms with Gasteiger partial charge >= 0.3 is 11.9 Å². The van der Waals surface area contributed by atoms with Crippen molar-refractivity contribution in [3.63, 3.8) is 0 Å². The van der Waals surface area contributed by atoms with Gasteiger partial charge in [0.15, 0.2) is 5.78 Å². The van der Waals surface area contributed by atoms with Crippen molar-refractivity contribution in [2.24, 2.45) is 5.92 Å². The van der Waals surface area contributed by atoms with E-state index in [1.165, 1.54) is 14.0 Å². The van der Waals surface area contributed by atoms with Gasteiger partial charge in [-0.3, -0.25) is 14.4 Å². The van der Waals surface area contributed by atoms with Crippen LogP contribution in [0.1, 0.15) is 38.7 Å². The van der Waals surface area contributed by atoms with Crippen molar-refractivity contribution in [3.05, 3.63) is 35.9 Å². The van der Waals surface area contributed by atoms with E-state index >= 15 is 0 Å². The van der Waals surface area contributed by atoms with Crippen LogP contribution in [0.15, 0.2) is 30.3 Å². The maximum atomic E-state index is 13.2. The maximum Gasteiger partial charge on any atom is 0.312 e. The first kappa shape index (κ1) is 20.1. The van der Waals surface area contributed by atoms with E-state index in [4.69, 9.17) is 9.47 Å². The lowest BCUT2D eigenvalue weighted by molar-refractivity contribution is -0.160. The van der Waals surface area contributed by atoms with Crippen molar-refractivity contribution in [3.8, 4) is 0 Å². The van der Waals surface area contributed by atoms with Gasteiger partial charge in [-0.15, -0.1) is 0 Å². The van der Waals surface area contributed by atoms with Crippen LogP contribution in [0.5, 0.6) is 0 Å². The third-order valence-corrected chi connectivity index (χ3v) is 4.95. The number of nitrogens with one attached hydrogen (secondary N) is 1. The molecule has 142 valence electrons. The largest absolute Gasteiger partial charge is 0.469 e. The summed E-state index contributed by atoms with van der Waals surface area (Å²) >= 11 is 0. The van der Waals surface area contributed by atoms with E-state index < -0.39 is 29.5 Å². The number of ether oxygens (including phenoxy) is 2. The lowest BCUT2D eigenvalue weighted by atomic mass is 9.80. The average molecular weight is 361 g/mol. The number of ketones is 1. The predicted molar refractivity (Wildman–Crippen MR) is 96.5 cm³/mol. The highest BCUT2D eigenvalue weighted by atomic mass is 16.6. The Bertz CT molecular complexity index is 637. The van der Waals surface area contributed by atoms with E-state index in [1.807, 2.05) is 30.3 Å². The molecule has 1 aliphatic heterocycles. The minimum absolute atomic E-state index is 0.0268. The first-order valence-corrected chi connectivity index (χ1v) is 8.95.